The van der Waals surface area contributed by atoms with E-state index < -0.39 is 0 Å². The molecule has 0 saturated heterocycles. The monoisotopic (exact) mass is 273 g/mol. The van der Waals surface area contributed by atoms with E-state index in [0.717, 1.165) is 17.8 Å². The van der Waals surface area contributed by atoms with E-state index in [9.17, 15) is 0 Å². The quantitative estimate of drug-likeness (QED) is 0.601. The Labute approximate surface area is 120 Å². The van der Waals surface area contributed by atoms with Crippen molar-refractivity contribution in [2.75, 3.05) is 0 Å². The number of nitrogens with two attached hydrogens (primary N) is 1. The molecular weight excluding hydrogens is 250 g/mol. The number of rotatable bonds is 7. The summed E-state index contributed by atoms with van der Waals surface area (Å²) in [6, 6.07) is 10.1. The molecule has 0 saturated carbocycles. The van der Waals surface area contributed by atoms with Crippen LogP contribution in [-0.2, 0) is 0 Å². The van der Waals surface area contributed by atoms with Crippen LogP contribution in [0.2, 0.25) is 0 Å². The zero-order chi connectivity index (χ0) is 14.4. The molecule has 0 amide bonds. The molecule has 2 aromatic rings. The van der Waals surface area contributed by atoms with Gasteiger partial charge >= 0.3 is 0 Å². The van der Waals surface area contributed by atoms with Crippen LogP contribution in [0.4, 0.5) is 0 Å². The molecule has 0 aliphatic carbocycles. The van der Waals surface area contributed by atoms with Crippen LogP contribution in [0.5, 0.6) is 0 Å². The fourth-order valence-electron chi connectivity index (χ4n) is 2.46. The summed E-state index contributed by atoms with van der Waals surface area (Å²) in [6.45, 7) is 4.41. The highest BCUT2D eigenvalue weighted by Crippen LogP contribution is 2.26. The highest BCUT2D eigenvalue weighted by Gasteiger charge is 2.22. The highest BCUT2D eigenvalue weighted by molar-refractivity contribution is 5.32. The van der Waals surface area contributed by atoms with Gasteiger partial charge in [0.2, 0.25) is 0 Å². The van der Waals surface area contributed by atoms with E-state index in [4.69, 9.17) is 5.84 Å². The maximum Gasteiger partial charge on any atom is 0.0831 e. The molecule has 1 heterocycles. The normalized spacial score (nSPS) is 14.2. The van der Waals surface area contributed by atoms with Crippen LogP contribution >= 0.6 is 0 Å². The number of para-hydroxylation sites is 1. The average Bonchev–Trinajstić information content (AvgIpc) is 2.96. The predicted molar refractivity (Wildman–Crippen MR) is 80.1 cm³/mol. The minimum absolute atomic E-state index is 0.0526. The number of unbranched alkanes of at least 4 members (excludes halogenated alkanes) is 1. The van der Waals surface area contributed by atoms with Gasteiger partial charge in [-0.2, -0.15) is 0 Å². The van der Waals surface area contributed by atoms with E-state index in [-0.39, 0.29) is 6.04 Å². The fraction of sp³-hybridized carbons (Fsp3) is 0.467. The Morgan fingerprint density at radius 3 is 2.70 bits per heavy atom. The van der Waals surface area contributed by atoms with Crippen molar-refractivity contribution in [3.63, 3.8) is 0 Å². The fourth-order valence-corrected chi connectivity index (χ4v) is 2.46. The first kappa shape index (κ1) is 14.7. The van der Waals surface area contributed by atoms with Crippen molar-refractivity contribution in [3.05, 3.63) is 42.2 Å². The van der Waals surface area contributed by atoms with Crippen LogP contribution in [0.1, 0.15) is 44.8 Å². The lowest BCUT2D eigenvalue weighted by atomic mass is 9.94. The number of hydrazine groups is 1. The van der Waals surface area contributed by atoms with Gasteiger partial charge in [-0.05, 0) is 24.5 Å². The molecule has 5 nitrogen and oxygen atoms in total. The second-order valence-corrected chi connectivity index (χ2v) is 5.17. The van der Waals surface area contributed by atoms with Crippen molar-refractivity contribution >= 4 is 0 Å². The van der Waals surface area contributed by atoms with E-state index in [0.29, 0.717) is 5.92 Å². The van der Waals surface area contributed by atoms with E-state index in [1.807, 2.05) is 35.0 Å². The molecular formula is C15H23N5. The van der Waals surface area contributed by atoms with Crippen molar-refractivity contribution in [2.45, 2.75) is 39.2 Å². The van der Waals surface area contributed by atoms with Crippen molar-refractivity contribution in [1.29, 1.82) is 0 Å². The smallest absolute Gasteiger partial charge is 0.0831 e. The maximum atomic E-state index is 5.76. The summed E-state index contributed by atoms with van der Waals surface area (Å²) in [6.07, 6.45) is 5.31. The lowest BCUT2D eigenvalue weighted by molar-refractivity contribution is 0.350. The Bertz CT molecular complexity index is 508. The van der Waals surface area contributed by atoms with Crippen LogP contribution < -0.4 is 11.3 Å². The molecule has 0 fully saturated rings. The first-order valence-corrected chi connectivity index (χ1v) is 7.20. The second kappa shape index (κ2) is 7.17. The summed E-state index contributed by atoms with van der Waals surface area (Å²) < 4.78 is 1.85. The molecule has 2 atom stereocenters. The number of aromatic nitrogens is 3. The van der Waals surface area contributed by atoms with Gasteiger partial charge < -0.3 is 0 Å². The van der Waals surface area contributed by atoms with E-state index in [2.05, 4.69) is 29.6 Å². The van der Waals surface area contributed by atoms with E-state index in [1.54, 1.807) is 6.20 Å². The second-order valence-electron chi connectivity index (χ2n) is 5.17. The summed E-state index contributed by atoms with van der Waals surface area (Å²) in [5.41, 5.74) is 4.93. The maximum absolute atomic E-state index is 5.76. The third kappa shape index (κ3) is 3.23. The molecule has 2 unspecified atom stereocenters. The number of hydrogen-bond donors (Lipinski definition) is 2. The largest absolute Gasteiger partial charge is 0.271 e. The number of nitrogens with one attached hydrogen (secondary N) is 1. The first-order valence-electron chi connectivity index (χ1n) is 7.20. The Kier molecular flexibility index (Phi) is 5.26. The van der Waals surface area contributed by atoms with Gasteiger partial charge in [0.1, 0.15) is 0 Å². The van der Waals surface area contributed by atoms with E-state index in [1.165, 1.54) is 12.8 Å². The molecule has 0 aliphatic rings. The molecule has 2 rings (SSSR count). The number of nitrogens with zero attached hydrogens (tertiary/aromatic N) is 3. The Balaban J connectivity index is 2.25. The van der Waals surface area contributed by atoms with Gasteiger partial charge in [0.25, 0.3) is 0 Å². The number of hydrogen-bond acceptors (Lipinski definition) is 4. The van der Waals surface area contributed by atoms with Crippen molar-refractivity contribution < 1.29 is 0 Å². The molecule has 0 aliphatic heterocycles. The Hall–Kier alpha value is -1.72. The van der Waals surface area contributed by atoms with Crippen LogP contribution in [0.25, 0.3) is 5.69 Å². The van der Waals surface area contributed by atoms with E-state index >= 15 is 0 Å². The summed E-state index contributed by atoms with van der Waals surface area (Å²) in [4.78, 5) is 0. The summed E-state index contributed by atoms with van der Waals surface area (Å²) in [7, 11) is 0. The Morgan fingerprint density at radius 1 is 1.30 bits per heavy atom. The molecule has 1 aromatic heterocycles. The lowest BCUT2D eigenvalue weighted by Gasteiger charge is -2.23. The average molecular weight is 273 g/mol. The van der Waals surface area contributed by atoms with Crippen LogP contribution in [0, 0.1) is 5.92 Å². The Morgan fingerprint density at radius 2 is 2.05 bits per heavy atom. The zero-order valence-corrected chi connectivity index (χ0v) is 12.2. The molecule has 5 heteroatoms. The van der Waals surface area contributed by atoms with Gasteiger partial charge in [0.15, 0.2) is 0 Å². The molecule has 0 radical (unpaired) electrons. The molecule has 108 valence electrons. The minimum atomic E-state index is 0.0526. The molecule has 3 N–H and O–H groups in total. The molecule has 20 heavy (non-hydrogen) atoms. The number of benzene rings is 1. The summed E-state index contributed by atoms with van der Waals surface area (Å²) in [5.74, 6) is 6.20. The topological polar surface area (TPSA) is 68.8 Å². The van der Waals surface area contributed by atoms with Crippen molar-refractivity contribution in [3.8, 4) is 5.69 Å². The highest BCUT2D eigenvalue weighted by atomic mass is 15.4. The van der Waals surface area contributed by atoms with Crippen molar-refractivity contribution in [2.24, 2.45) is 11.8 Å². The van der Waals surface area contributed by atoms with Crippen LogP contribution in [-0.4, -0.2) is 15.0 Å². The summed E-state index contributed by atoms with van der Waals surface area (Å²) in [5, 5.41) is 8.24. The van der Waals surface area contributed by atoms with Gasteiger partial charge in [-0.25, -0.2) is 4.68 Å². The summed E-state index contributed by atoms with van der Waals surface area (Å²) >= 11 is 0. The molecule has 0 spiro atoms. The van der Waals surface area contributed by atoms with Gasteiger partial charge in [0.05, 0.1) is 23.6 Å². The van der Waals surface area contributed by atoms with Crippen molar-refractivity contribution in [1.82, 2.24) is 20.4 Å². The SMILES string of the molecule is CCCCC(C)C(NN)c1cnnn1-c1ccccc1. The van der Waals surface area contributed by atoms with Gasteiger partial charge in [0, 0.05) is 0 Å². The van der Waals surface area contributed by atoms with Crippen LogP contribution in [0.15, 0.2) is 36.5 Å². The first-order chi connectivity index (χ1) is 9.77. The van der Waals surface area contributed by atoms with Gasteiger partial charge in [-0.15, -0.1) is 5.10 Å². The standard InChI is InChI=1S/C15H23N5/c1-3-4-8-12(2)15(18-16)14-11-17-19-20(14)13-9-6-5-7-10-13/h5-7,9-12,15,18H,3-4,8,16H2,1-2H3. The van der Waals surface area contributed by atoms with Gasteiger partial charge in [-0.3, -0.25) is 11.3 Å². The van der Waals surface area contributed by atoms with Gasteiger partial charge in [-0.1, -0.05) is 50.1 Å². The van der Waals surface area contributed by atoms with Crippen LogP contribution in [0.3, 0.4) is 0 Å². The third-order valence-corrected chi connectivity index (χ3v) is 3.66. The third-order valence-electron chi connectivity index (χ3n) is 3.66. The lowest BCUT2D eigenvalue weighted by Crippen LogP contribution is -2.34. The zero-order valence-electron chi connectivity index (χ0n) is 12.2. The molecule has 1 aromatic carbocycles. The molecule has 0 bridgehead atoms. The minimum Gasteiger partial charge on any atom is -0.271 e. The predicted octanol–water partition coefficient (Wildman–Crippen LogP) is 2.60.